The van der Waals surface area contributed by atoms with Crippen LogP contribution >= 0.6 is 0 Å². The zero-order valence-corrected chi connectivity index (χ0v) is 16.0. The van der Waals surface area contributed by atoms with Crippen molar-refractivity contribution in [2.45, 2.75) is 38.0 Å². The summed E-state index contributed by atoms with van der Waals surface area (Å²) in [5, 5.41) is 1.17. The lowest BCUT2D eigenvalue weighted by Crippen LogP contribution is -2.31. The first-order valence-electron chi connectivity index (χ1n) is 10.0. The molecule has 5 heteroatoms. The molecule has 0 bridgehead atoms. The number of nitrogens with one attached hydrogen (secondary N) is 1. The molecule has 0 radical (unpaired) electrons. The molecular formula is C23H25N3O2. The van der Waals surface area contributed by atoms with E-state index in [9.17, 15) is 4.79 Å². The Balaban J connectivity index is 1.41. The van der Waals surface area contributed by atoms with Crippen LogP contribution in [0.15, 0.2) is 48.8 Å². The normalized spacial score (nSPS) is 24.8. The first-order valence-corrected chi connectivity index (χ1v) is 10.0. The molecule has 1 amide bonds. The summed E-state index contributed by atoms with van der Waals surface area (Å²) >= 11 is 0. The van der Waals surface area contributed by atoms with Gasteiger partial charge in [0.1, 0.15) is 5.75 Å². The zero-order chi connectivity index (χ0) is 19.3. The fourth-order valence-electron chi connectivity index (χ4n) is 4.54. The van der Waals surface area contributed by atoms with Crippen LogP contribution in [0, 0.1) is 11.3 Å². The van der Waals surface area contributed by atoms with Crippen LogP contribution in [-0.4, -0.2) is 22.5 Å². The number of ether oxygens (including phenoxy) is 1. The van der Waals surface area contributed by atoms with E-state index in [1.807, 2.05) is 24.4 Å². The monoisotopic (exact) mass is 375 g/mol. The molecule has 5 rings (SSSR count). The maximum Gasteiger partial charge on any atom is 0.224 e. The predicted molar refractivity (Wildman–Crippen MR) is 108 cm³/mol. The number of carbonyl (C=O) groups is 1. The van der Waals surface area contributed by atoms with E-state index in [1.54, 1.807) is 6.20 Å². The standard InChI is InChI=1S/C23H25N3O2/c1-14(20-8-7-16(12-26-20)28-13-15-5-6-15)23(22(24)27)11-19(23)17-3-2-4-21-18(17)9-10-25-21/h2-4,7-10,12,14-15,19,25H,5-6,11,13H2,1H3,(H2,24,27)/t14-,19?,23?/m0/s1. The lowest BCUT2D eigenvalue weighted by molar-refractivity contribution is -0.124. The van der Waals surface area contributed by atoms with Gasteiger partial charge in [0.05, 0.1) is 18.2 Å². The third-order valence-corrected chi connectivity index (χ3v) is 6.62. The lowest BCUT2D eigenvalue weighted by Gasteiger charge is -2.22. The van der Waals surface area contributed by atoms with Crippen LogP contribution in [0.3, 0.4) is 0 Å². The van der Waals surface area contributed by atoms with Crippen molar-refractivity contribution in [3.8, 4) is 5.75 Å². The second-order valence-electron chi connectivity index (χ2n) is 8.34. The molecule has 28 heavy (non-hydrogen) atoms. The molecule has 2 aliphatic carbocycles. The Morgan fingerprint density at radius 2 is 2.18 bits per heavy atom. The zero-order valence-electron chi connectivity index (χ0n) is 16.0. The van der Waals surface area contributed by atoms with Crippen LogP contribution in [-0.2, 0) is 4.79 Å². The van der Waals surface area contributed by atoms with Crippen LogP contribution < -0.4 is 10.5 Å². The highest BCUT2D eigenvalue weighted by atomic mass is 16.5. The minimum Gasteiger partial charge on any atom is -0.492 e. The molecule has 2 aromatic heterocycles. The third kappa shape index (κ3) is 2.77. The van der Waals surface area contributed by atoms with Crippen molar-refractivity contribution >= 4 is 16.8 Å². The summed E-state index contributed by atoms with van der Waals surface area (Å²) in [7, 11) is 0. The number of aromatic amines is 1. The molecule has 3 atom stereocenters. The van der Waals surface area contributed by atoms with Gasteiger partial charge in [-0.2, -0.15) is 0 Å². The molecule has 2 saturated carbocycles. The lowest BCUT2D eigenvalue weighted by atomic mass is 9.82. The average Bonchev–Trinajstić information content (AvgIpc) is 3.62. The van der Waals surface area contributed by atoms with Gasteiger partial charge in [-0.05, 0) is 55.0 Å². The largest absolute Gasteiger partial charge is 0.492 e. The number of hydrogen-bond acceptors (Lipinski definition) is 3. The molecule has 2 fully saturated rings. The van der Waals surface area contributed by atoms with Crippen molar-refractivity contribution < 1.29 is 9.53 Å². The number of aromatic nitrogens is 2. The Morgan fingerprint density at radius 1 is 1.32 bits per heavy atom. The van der Waals surface area contributed by atoms with Gasteiger partial charge in [0.25, 0.3) is 0 Å². The number of fused-ring (bicyclic) bond motifs is 1. The highest BCUT2D eigenvalue weighted by Crippen LogP contribution is 2.66. The van der Waals surface area contributed by atoms with E-state index in [2.05, 4.69) is 35.1 Å². The van der Waals surface area contributed by atoms with E-state index in [0.29, 0.717) is 5.92 Å². The first-order chi connectivity index (χ1) is 13.6. The van der Waals surface area contributed by atoms with Crippen molar-refractivity contribution in [2.75, 3.05) is 6.61 Å². The van der Waals surface area contributed by atoms with Crippen LogP contribution in [0.2, 0.25) is 0 Å². The Morgan fingerprint density at radius 3 is 2.89 bits per heavy atom. The van der Waals surface area contributed by atoms with Gasteiger partial charge in [0, 0.05) is 34.6 Å². The quantitative estimate of drug-likeness (QED) is 0.652. The highest BCUT2D eigenvalue weighted by molar-refractivity contribution is 5.91. The van der Waals surface area contributed by atoms with E-state index < -0.39 is 5.41 Å². The number of nitrogens with two attached hydrogens (primary N) is 1. The molecule has 144 valence electrons. The van der Waals surface area contributed by atoms with Crippen LogP contribution in [0.4, 0.5) is 0 Å². The third-order valence-electron chi connectivity index (χ3n) is 6.62. The Labute approximate surface area is 164 Å². The van der Waals surface area contributed by atoms with Crippen molar-refractivity contribution in [1.29, 1.82) is 0 Å². The number of primary amides is 1. The van der Waals surface area contributed by atoms with Gasteiger partial charge in [-0.3, -0.25) is 9.78 Å². The molecule has 2 aliphatic rings. The molecule has 0 spiro atoms. The summed E-state index contributed by atoms with van der Waals surface area (Å²) < 4.78 is 5.79. The topological polar surface area (TPSA) is 81.0 Å². The van der Waals surface area contributed by atoms with Gasteiger partial charge in [-0.1, -0.05) is 19.1 Å². The molecule has 0 saturated heterocycles. The average molecular weight is 375 g/mol. The highest BCUT2D eigenvalue weighted by Gasteiger charge is 2.63. The van der Waals surface area contributed by atoms with Gasteiger partial charge in [0.15, 0.2) is 0 Å². The number of pyridine rings is 1. The van der Waals surface area contributed by atoms with Gasteiger partial charge in [-0.15, -0.1) is 0 Å². The summed E-state index contributed by atoms with van der Waals surface area (Å²) in [6.45, 7) is 2.83. The number of H-pyrrole nitrogens is 1. The van der Waals surface area contributed by atoms with Crippen LogP contribution in [0.5, 0.6) is 5.75 Å². The fraction of sp³-hybridized carbons (Fsp3) is 0.391. The molecule has 2 heterocycles. The second-order valence-corrected chi connectivity index (χ2v) is 8.34. The predicted octanol–water partition coefficient (Wildman–Crippen LogP) is 4.11. The molecule has 0 aliphatic heterocycles. The molecule has 3 N–H and O–H groups in total. The Hall–Kier alpha value is -2.82. The van der Waals surface area contributed by atoms with Gasteiger partial charge in [-0.25, -0.2) is 0 Å². The summed E-state index contributed by atoms with van der Waals surface area (Å²) in [5.41, 5.74) is 8.52. The summed E-state index contributed by atoms with van der Waals surface area (Å²) in [6, 6.07) is 12.2. The molecule has 1 aromatic carbocycles. The summed E-state index contributed by atoms with van der Waals surface area (Å²) in [4.78, 5) is 20.4. The van der Waals surface area contributed by atoms with Crippen molar-refractivity contribution in [3.63, 3.8) is 0 Å². The van der Waals surface area contributed by atoms with Crippen LogP contribution in [0.1, 0.15) is 49.3 Å². The Kier molecular flexibility index (Phi) is 3.93. The molecule has 5 nitrogen and oxygen atoms in total. The van der Waals surface area contributed by atoms with Crippen LogP contribution in [0.25, 0.3) is 10.9 Å². The summed E-state index contributed by atoms with van der Waals surface area (Å²) in [6.07, 6.45) is 6.99. The summed E-state index contributed by atoms with van der Waals surface area (Å²) in [5.74, 6) is 1.32. The molecule has 3 aromatic rings. The van der Waals surface area contributed by atoms with E-state index in [1.165, 1.54) is 23.8 Å². The smallest absolute Gasteiger partial charge is 0.224 e. The van der Waals surface area contributed by atoms with E-state index >= 15 is 0 Å². The first kappa shape index (κ1) is 17.3. The minimum atomic E-state index is -0.588. The number of benzene rings is 1. The van der Waals surface area contributed by atoms with E-state index in [0.717, 1.165) is 30.0 Å². The maximum atomic E-state index is 12.6. The van der Waals surface area contributed by atoms with E-state index in [4.69, 9.17) is 10.5 Å². The number of amides is 1. The van der Waals surface area contributed by atoms with Crippen molar-refractivity contribution in [2.24, 2.45) is 17.1 Å². The van der Waals surface area contributed by atoms with Gasteiger partial charge < -0.3 is 15.5 Å². The number of hydrogen-bond donors (Lipinski definition) is 2. The maximum absolute atomic E-state index is 12.6. The van der Waals surface area contributed by atoms with Crippen molar-refractivity contribution in [1.82, 2.24) is 9.97 Å². The number of nitrogens with zero attached hydrogens (tertiary/aromatic N) is 1. The second kappa shape index (κ2) is 6.36. The number of rotatable bonds is 7. The molecule has 2 unspecified atom stereocenters. The minimum absolute atomic E-state index is 0.0540. The number of carbonyl (C=O) groups excluding carboxylic acids is 1. The fourth-order valence-corrected chi connectivity index (χ4v) is 4.54. The van der Waals surface area contributed by atoms with Gasteiger partial charge in [0.2, 0.25) is 5.91 Å². The SMILES string of the molecule is C[C@@H](c1ccc(OCC2CC2)cn1)C1(C(N)=O)CC1c1cccc2[nH]ccc12. The van der Waals surface area contributed by atoms with Crippen molar-refractivity contribution in [3.05, 3.63) is 60.0 Å². The molecular weight excluding hydrogens is 350 g/mol. The Bertz CT molecular complexity index is 1020. The van der Waals surface area contributed by atoms with Gasteiger partial charge >= 0.3 is 0 Å². The van der Waals surface area contributed by atoms with E-state index in [-0.39, 0.29) is 17.7 Å².